The Bertz CT molecular complexity index is 1600. The molecule has 2 aromatic heterocycles. The second-order valence-electron chi connectivity index (χ2n) is 9.24. The average Bonchev–Trinajstić information content (AvgIpc) is 3.66. The number of amides is 1. The van der Waals surface area contributed by atoms with Gasteiger partial charge in [0.2, 0.25) is 0 Å². The highest BCUT2D eigenvalue weighted by molar-refractivity contribution is 6.31. The van der Waals surface area contributed by atoms with Gasteiger partial charge in [-0.05, 0) is 60.0 Å². The van der Waals surface area contributed by atoms with Crippen molar-refractivity contribution in [3.05, 3.63) is 124 Å². The van der Waals surface area contributed by atoms with Gasteiger partial charge in [-0.3, -0.25) is 9.89 Å². The van der Waals surface area contributed by atoms with E-state index in [1.54, 1.807) is 29.4 Å². The maximum atomic E-state index is 13.6. The van der Waals surface area contributed by atoms with Gasteiger partial charge in [-0.2, -0.15) is 5.10 Å². The van der Waals surface area contributed by atoms with Crippen LogP contribution in [0.25, 0.3) is 11.3 Å². The lowest BCUT2D eigenvalue weighted by Crippen LogP contribution is -2.28. The van der Waals surface area contributed by atoms with E-state index in [2.05, 4.69) is 10.2 Å². The molecule has 38 heavy (non-hydrogen) atoms. The predicted molar refractivity (Wildman–Crippen MR) is 143 cm³/mol. The quantitative estimate of drug-likeness (QED) is 0.248. The molecule has 3 aromatic carbocycles. The first-order chi connectivity index (χ1) is 18.5. The van der Waals surface area contributed by atoms with Crippen molar-refractivity contribution in [1.82, 2.24) is 15.1 Å². The molecule has 0 aliphatic carbocycles. The van der Waals surface area contributed by atoms with Crippen molar-refractivity contribution >= 4 is 17.5 Å². The van der Waals surface area contributed by atoms with E-state index in [0.29, 0.717) is 39.9 Å². The summed E-state index contributed by atoms with van der Waals surface area (Å²) in [5.41, 5.74) is 4.68. The van der Waals surface area contributed by atoms with Crippen LogP contribution in [0.15, 0.2) is 89.5 Å². The summed E-state index contributed by atoms with van der Waals surface area (Å²) in [7, 11) is 0. The number of aromatic amines is 1. The summed E-state index contributed by atoms with van der Waals surface area (Å²) in [4.78, 5) is 15.3. The number of rotatable bonds is 7. The third-order valence-corrected chi connectivity index (χ3v) is 7.15. The maximum absolute atomic E-state index is 13.6. The molecule has 1 aliphatic heterocycles. The number of ether oxygens (including phenoxy) is 1. The number of phenols is 1. The Morgan fingerprint density at radius 3 is 2.61 bits per heavy atom. The second-order valence-corrected chi connectivity index (χ2v) is 9.64. The zero-order valence-electron chi connectivity index (χ0n) is 20.5. The van der Waals surface area contributed by atoms with Gasteiger partial charge in [0.1, 0.15) is 35.3 Å². The van der Waals surface area contributed by atoms with Crippen LogP contribution in [0.4, 0.5) is 0 Å². The number of furan rings is 1. The van der Waals surface area contributed by atoms with E-state index in [1.165, 1.54) is 0 Å². The minimum absolute atomic E-state index is 0.0431. The van der Waals surface area contributed by atoms with Gasteiger partial charge >= 0.3 is 0 Å². The highest BCUT2D eigenvalue weighted by Crippen LogP contribution is 2.46. The number of nitrogens with one attached hydrogen (secondary N) is 1. The van der Waals surface area contributed by atoms with Crippen molar-refractivity contribution in [3.63, 3.8) is 0 Å². The molecule has 190 valence electrons. The van der Waals surface area contributed by atoms with Crippen LogP contribution in [0.3, 0.4) is 0 Å². The Hall–Kier alpha value is -4.49. The van der Waals surface area contributed by atoms with Crippen molar-refractivity contribution in [3.8, 4) is 22.8 Å². The summed E-state index contributed by atoms with van der Waals surface area (Å²) in [6.45, 7) is 2.54. The molecular weight excluding hydrogens is 502 g/mol. The minimum Gasteiger partial charge on any atom is -0.507 e. The van der Waals surface area contributed by atoms with Crippen LogP contribution in [-0.4, -0.2) is 26.1 Å². The number of hydrogen-bond acceptors (Lipinski definition) is 5. The summed E-state index contributed by atoms with van der Waals surface area (Å²) >= 11 is 6.40. The van der Waals surface area contributed by atoms with Gasteiger partial charge in [0, 0.05) is 16.1 Å². The van der Waals surface area contributed by atoms with Crippen molar-refractivity contribution in [2.45, 2.75) is 26.1 Å². The molecule has 0 radical (unpaired) electrons. The number of nitrogens with zero attached hydrogens (tertiary/aromatic N) is 2. The number of H-pyrrole nitrogens is 1. The number of halogens is 1. The molecule has 0 fully saturated rings. The summed E-state index contributed by atoms with van der Waals surface area (Å²) in [6.07, 6.45) is 1.59. The number of hydrogen-bond donors (Lipinski definition) is 2. The van der Waals surface area contributed by atoms with E-state index < -0.39 is 6.04 Å². The van der Waals surface area contributed by atoms with Crippen LogP contribution in [0.1, 0.15) is 44.5 Å². The smallest absolute Gasteiger partial charge is 0.273 e. The number of carbonyl (C=O) groups excluding carboxylic acids is 1. The molecule has 5 aromatic rings. The van der Waals surface area contributed by atoms with Crippen LogP contribution < -0.4 is 4.74 Å². The van der Waals surface area contributed by atoms with E-state index in [-0.39, 0.29) is 18.2 Å². The molecule has 1 unspecified atom stereocenters. The Kier molecular flexibility index (Phi) is 6.13. The first kappa shape index (κ1) is 23.9. The molecule has 0 saturated carbocycles. The van der Waals surface area contributed by atoms with Crippen molar-refractivity contribution in [1.29, 1.82) is 0 Å². The van der Waals surface area contributed by atoms with E-state index in [9.17, 15) is 9.90 Å². The summed E-state index contributed by atoms with van der Waals surface area (Å²) in [6, 6.07) is 24.1. The van der Waals surface area contributed by atoms with Gasteiger partial charge < -0.3 is 19.2 Å². The molecule has 0 spiro atoms. The van der Waals surface area contributed by atoms with Gasteiger partial charge in [-0.1, -0.05) is 54.1 Å². The summed E-state index contributed by atoms with van der Waals surface area (Å²) in [5, 5.41) is 18.6. The van der Waals surface area contributed by atoms with Gasteiger partial charge in [0.15, 0.2) is 0 Å². The van der Waals surface area contributed by atoms with E-state index in [1.807, 2.05) is 67.6 Å². The zero-order chi connectivity index (χ0) is 26.2. The third-order valence-electron chi connectivity index (χ3n) is 6.75. The van der Waals surface area contributed by atoms with E-state index in [0.717, 1.165) is 22.4 Å². The molecule has 0 bridgehead atoms. The largest absolute Gasteiger partial charge is 0.507 e. The number of phenolic OH excluding ortho intramolecular Hbond substituents is 1. The topological polar surface area (TPSA) is 91.6 Å². The zero-order valence-corrected chi connectivity index (χ0v) is 21.3. The van der Waals surface area contributed by atoms with E-state index in [4.69, 9.17) is 20.8 Å². The van der Waals surface area contributed by atoms with Gasteiger partial charge in [-0.25, -0.2) is 0 Å². The Morgan fingerprint density at radius 1 is 1.08 bits per heavy atom. The van der Waals surface area contributed by atoms with Gasteiger partial charge in [0.05, 0.1) is 18.8 Å². The Balaban J connectivity index is 1.39. The number of fused-ring (bicyclic) bond motifs is 1. The highest BCUT2D eigenvalue weighted by Gasteiger charge is 2.43. The van der Waals surface area contributed by atoms with Gasteiger partial charge in [0.25, 0.3) is 5.91 Å². The maximum Gasteiger partial charge on any atom is 0.273 e. The van der Waals surface area contributed by atoms with Crippen LogP contribution in [0.2, 0.25) is 5.02 Å². The molecule has 1 amide bonds. The van der Waals surface area contributed by atoms with Crippen molar-refractivity contribution in [2.75, 3.05) is 0 Å². The standard InChI is InChI=1S/C30H24ClN3O4/c1-18-14-25(35)23(15-24(18)31)27-26-28(33-32-27)30(36)34(16-22-8-5-13-37-22)29(26)20-9-11-21(12-10-20)38-17-19-6-3-2-4-7-19/h2-15,29,35H,16-17H2,1H3,(H,32,33). The molecule has 0 saturated heterocycles. The van der Waals surface area contributed by atoms with Crippen LogP contribution in [-0.2, 0) is 13.2 Å². The van der Waals surface area contributed by atoms with Crippen molar-refractivity contribution in [2.24, 2.45) is 0 Å². The summed E-state index contributed by atoms with van der Waals surface area (Å²) < 4.78 is 11.5. The number of aromatic hydroxyl groups is 1. The molecule has 6 rings (SSSR count). The first-order valence-electron chi connectivity index (χ1n) is 12.2. The number of carbonyl (C=O) groups is 1. The van der Waals surface area contributed by atoms with E-state index >= 15 is 0 Å². The lowest BCUT2D eigenvalue weighted by Gasteiger charge is -2.26. The van der Waals surface area contributed by atoms with Crippen LogP contribution in [0.5, 0.6) is 11.5 Å². The number of benzene rings is 3. The number of aryl methyl sites for hydroxylation is 1. The van der Waals surface area contributed by atoms with Crippen LogP contribution in [0, 0.1) is 6.92 Å². The van der Waals surface area contributed by atoms with Crippen LogP contribution >= 0.6 is 11.6 Å². The SMILES string of the molecule is Cc1cc(O)c(-c2n[nH]c3c2C(c2ccc(OCc4ccccc4)cc2)N(Cc2ccco2)C3=O)cc1Cl. The Labute approximate surface area is 224 Å². The second kappa shape index (κ2) is 9.76. The fraction of sp³-hybridized carbons (Fsp3) is 0.133. The first-order valence-corrected chi connectivity index (χ1v) is 12.5. The molecule has 8 heteroatoms. The third kappa shape index (κ3) is 4.31. The minimum atomic E-state index is -0.473. The molecule has 1 aliphatic rings. The lowest BCUT2D eigenvalue weighted by atomic mass is 9.95. The molecule has 7 nitrogen and oxygen atoms in total. The molecule has 2 N–H and O–H groups in total. The Morgan fingerprint density at radius 2 is 1.87 bits per heavy atom. The predicted octanol–water partition coefficient (Wildman–Crippen LogP) is 6.66. The average molecular weight is 526 g/mol. The fourth-order valence-electron chi connectivity index (χ4n) is 4.83. The molecule has 3 heterocycles. The van der Waals surface area contributed by atoms with Crippen molar-refractivity contribution < 1.29 is 19.1 Å². The summed E-state index contributed by atoms with van der Waals surface area (Å²) in [5.74, 6) is 1.21. The molecule has 1 atom stereocenters. The normalized spacial score (nSPS) is 14.6. The highest BCUT2D eigenvalue weighted by atomic mass is 35.5. The lowest BCUT2D eigenvalue weighted by molar-refractivity contribution is 0.0717. The monoisotopic (exact) mass is 525 g/mol. The fourth-order valence-corrected chi connectivity index (χ4v) is 4.99. The molecular formula is C30H24ClN3O4. The van der Waals surface area contributed by atoms with Gasteiger partial charge in [-0.15, -0.1) is 0 Å². The number of aromatic nitrogens is 2.